The van der Waals surface area contributed by atoms with Gasteiger partial charge in [-0.2, -0.15) is 19.3 Å². The first-order chi connectivity index (χ1) is 16.8. The van der Waals surface area contributed by atoms with Crippen LogP contribution in [0.1, 0.15) is 32.2 Å². The molecular formula is C22H27N9O3S. The maximum Gasteiger partial charge on any atom is 0.243 e. The summed E-state index contributed by atoms with van der Waals surface area (Å²) in [7, 11) is -3.65. The molecule has 0 fully saturated rings. The van der Waals surface area contributed by atoms with Gasteiger partial charge < -0.3 is 15.9 Å². The van der Waals surface area contributed by atoms with Gasteiger partial charge in [0.2, 0.25) is 21.9 Å². The first kappa shape index (κ1) is 24.3. The minimum Gasteiger partial charge on any atom is -0.387 e. The van der Waals surface area contributed by atoms with E-state index in [2.05, 4.69) is 37.5 Å². The highest BCUT2D eigenvalue weighted by Gasteiger charge is 2.23. The van der Waals surface area contributed by atoms with Gasteiger partial charge in [0.25, 0.3) is 0 Å². The Balaban J connectivity index is 1.57. The van der Waals surface area contributed by atoms with Crippen molar-refractivity contribution in [2.75, 3.05) is 24.1 Å². The molecule has 4 rings (SSSR count). The number of benzene rings is 2. The van der Waals surface area contributed by atoms with Crippen LogP contribution in [0.2, 0.25) is 0 Å². The molecule has 0 aliphatic carbocycles. The molecule has 0 atom stereocenters. The lowest BCUT2D eigenvalue weighted by Crippen LogP contribution is -2.30. The second kappa shape index (κ2) is 10.2. The van der Waals surface area contributed by atoms with Crippen molar-refractivity contribution in [3.05, 3.63) is 53.9 Å². The molecule has 2 heterocycles. The second-order valence-corrected chi connectivity index (χ2v) is 9.48. The molecule has 0 unspecified atom stereocenters. The van der Waals surface area contributed by atoms with Crippen molar-refractivity contribution < 1.29 is 13.3 Å². The molecule has 0 saturated heterocycles. The van der Waals surface area contributed by atoms with Crippen molar-refractivity contribution in [2.45, 2.75) is 38.7 Å². The number of sulfonamides is 1. The van der Waals surface area contributed by atoms with Crippen molar-refractivity contribution >= 4 is 38.6 Å². The van der Waals surface area contributed by atoms with Gasteiger partial charge in [0.05, 0.1) is 4.90 Å². The third-order valence-electron chi connectivity index (χ3n) is 5.39. The van der Waals surface area contributed by atoms with Gasteiger partial charge in [-0.05, 0) is 41.5 Å². The van der Waals surface area contributed by atoms with Crippen molar-refractivity contribution in [1.82, 2.24) is 34.4 Å². The van der Waals surface area contributed by atoms with E-state index >= 15 is 0 Å². The van der Waals surface area contributed by atoms with E-state index in [1.807, 2.05) is 24.3 Å². The van der Waals surface area contributed by atoms with Crippen LogP contribution in [-0.2, 0) is 23.1 Å². The van der Waals surface area contributed by atoms with E-state index in [0.29, 0.717) is 24.1 Å². The minimum absolute atomic E-state index is 0.0335. The molecule has 2 aromatic carbocycles. The van der Waals surface area contributed by atoms with E-state index in [0.717, 1.165) is 22.5 Å². The van der Waals surface area contributed by atoms with Crippen molar-refractivity contribution in [1.29, 1.82) is 0 Å². The Morgan fingerprint density at radius 2 is 1.83 bits per heavy atom. The molecule has 0 amide bonds. The second-order valence-electron chi connectivity index (χ2n) is 7.54. The van der Waals surface area contributed by atoms with E-state index in [4.69, 9.17) is 10.6 Å². The molecule has 4 aromatic rings. The van der Waals surface area contributed by atoms with Crippen LogP contribution in [0.25, 0.3) is 11.0 Å². The topological polar surface area (TPSA) is 154 Å². The summed E-state index contributed by atoms with van der Waals surface area (Å²) in [5, 5.41) is 11.2. The number of para-hydroxylation sites is 1. The number of nitrogens with two attached hydrogens (primary N) is 1. The number of aromatic nitrogens is 6. The summed E-state index contributed by atoms with van der Waals surface area (Å²) in [6, 6.07) is 12.4. The summed E-state index contributed by atoms with van der Waals surface area (Å²) in [5.41, 5.74) is 8.74. The molecule has 2 aromatic heterocycles. The number of rotatable bonds is 10. The number of nitrogens with one attached hydrogen (secondary N) is 1. The molecule has 0 aliphatic rings. The van der Waals surface area contributed by atoms with E-state index in [1.54, 1.807) is 19.9 Å². The Bertz CT molecular complexity index is 1440. The predicted octanol–water partition coefficient (Wildman–Crippen LogP) is 2.16. The fourth-order valence-electron chi connectivity index (χ4n) is 3.59. The summed E-state index contributed by atoms with van der Waals surface area (Å²) in [4.78, 5) is 19.7. The molecule has 0 bridgehead atoms. The summed E-state index contributed by atoms with van der Waals surface area (Å²) in [5.74, 6) is 0.587. The number of fused-ring (bicyclic) bond motifs is 1. The Morgan fingerprint density at radius 3 is 2.57 bits per heavy atom. The van der Waals surface area contributed by atoms with Crippen molar-refractivity contribution in [2.24, 2.45) is 0 Å². The highest BCUT2D eigenvalue weighted by Crippen LogP contribution is 2.21. The zero-order valence-corrected chi connectivity index (χ0v) is 20.5. The van der Waals surface area contributed by atoms with Crippen LogP contribution >= 0.6 is 0 Å². The highest BCUT2D eigenvalue weighted by atomic mass is 32.2. The maximum atomic E-state index is 12.9. The van der Waals surface area contributed by atoms with Crippen LogP contribution in [0.3, 0.4) is 0 Å². The normalized spacial score (nSPS) is 11.8. The predicted molar refractivity (Wildman–Crippen MR) is 131 cm³/mol. The summed E-state index contributed by atoms with van der Waals surface area (Å²) in [6.45, 7) is 6.28. The Labute approximate surface area is 203 Å². The monoisotopic (exact) mass is 497 g/mol. The number of nitrogens with zero attached hydrogens (tertiary/aromatic N) is 7. The third kappa shape index (κ3) is 5.15. The van der Waals surface area contributed by atoms with Crippen LogP contribution in [-0.4, -0.2) is 55.9 Å². The average Bonchev–Trinajstić information content (AvgIpc) is 3.25. The Kier molecular flexibility index (Phi) is 7.07. The summed E-state index contributed by atoms with van der Waals surface area (Å²) >= 11 is 0. The first-order valence-electron chi connectivity index (χ1n) is 11.2. The van der Waals surface area contributed by atoms with Crippen molar-refractivity contribution in [3.8, 4) is 0 Å². The highest BCUT2D eigenvalue weighted by molar-refractivity contribution is 7.89. The molecule has 0 spiro atoms. The summed E-state index contributed by atoms with van der Waals surface area (Å²) in [6.07, 6.45) is 0.838. The van der Waals surface area contributed by atoms with Gasteiger partial charge in [0, 0.05) is 18.8 Å². The van der Waals surface area contributed by atoms with Gasteiger partial charge in [-0.1, -0.05) is 43.8 Å². The quantitative estimate of drug-likeness (QED) is 0.333. The van der Waals surface area contributed by atoms with Gasteiger partial charge in [-0.3, -0.25) is 0 Å². The van der Waals surface area contributed by atoms with Crippen LogP contribution in [0, 0.1) is 0 Å². The molecule has 0 radical (unpaired) electrons. The van der Waals surface area contributed by atoms with Gasteiger partial charge in [-0.15, -0.1) is 5.10 Å². The van der Waals surface area contributed by atoms with E-state index in [-0.39, 0.29) is 29.2 Å². The zero-order valence-electron chi connectivity index (χ0n) is 19.7. The molecule has 3 N–H and O–H groups in total. The molecule has 0 aliphatic heterocycles. The Hall–Kier alpha value is -3.84. The smallest absolute Gasteiger partial charge is 0.243 e. The molecule has 13 heteroatoms. The zero-order chi connectivity index (χ0) is 25.0. The summed E-state index contributed by atoms with van der Waals surface area (Å²) < 4.78 is 27.2. The van der Waals surface area contributed by atoms with Gasteiger partial charge in [-0.25, -0.2) is 8.42 Å². The lowest BCUT2D eigenvalue weighted by atomic mass is 10.1. The van der Waals surface area contributed by atoms with E-state index < -0.39 is 10.0 Å². The Morgan fingerprint density at radius 1 is 1.06 bits per heavy atom. The lowest BCUT2D eigenvalue weighted by molar-refractivity contribution is 0.0709. The van der Waals surface area contributed by atoms with Gasteiger partial charge in [0.1, 0.15) is 11.0 Å². The maximum absolute atomic E-state index is 12.9. The third-order valence-corrected chi connectivity index (χ3v) is 7.44. The van der Waals surface area contributed by atoms with Crippen LogP contribution in [0.15, 0.2) is 47.4 Å². The molecule has 0 saturated carbocycles. The molecule has 184 valence electrons. The molecule has 12 nitrogen and oxygen atoms in total. The number of hydrogen-bond acceptors (Lipinski definition) is 10. The fraction of sp³-hybridized carbons (Fsp3) is 0.318. The lowest BCUT2D eigenvalue weighted by Gasteiger charge is -2.18. The molecule has 35 heavy (non-hydrogen) atoms. The standard InChI is InChI=1S/C22H27N9O3S/c1-4-15-9-7-8-10-17(15)24-22-26-20(25-21(23)27-22)14-34-31-19-13-16(11-12-18(19)28-29-31)35(32,33)30(5-2)6-3/h7-13H,4-6,14H2,1-3H3,(H3,23,24,25,26,27). The number of nitrogen functional groups attached to an aromatic ring is 1. The SMILES string of the molecule is CCc1ccccc1Nc1nc(N)nc(COn2nnc3ccc(S(=O)(=O)N(CC)CC)cc32)n1. The fourth-order valence-corrected chi connectivity index (χ4v) is 5.07. The largest absolute Gasteiger partial charge is 0.387 e. The first-order valence-corrected chi connectivity index (χ1v) is 12.6. The number of aryl methyl sites for hydroxylation is 1. The van der Waals surface area contributed by atoms with Crippen LogP contribution in [0.5, 0.6) is 0 Å². The van der Waals surface area contributed by atoms with E-state index in [1.165, 1.54) is 16.4 Å². The van der Waals surface area contributed by atoms with E-state index in [9.17, 15) is 8.42 Å². The van der Waals surface area contributed by atoms with Crippen LogP contribution < -0.4 is 15.9 Å². The average molecular weight is 498 g/mol. The van der Waals surface area contributed by atoms with Crippen LogP contribution in [0.4, 0.5) is 17.6 Å². The van der Waals surface area contributed by atoms with Crippen molar-refractivity contribution in [3.63, 3.8) is 0 Å². The number of anilines is 3. The van der Waals surface area contributed by atoms with Gasteiger partial charge in [0.15, 0.2) is 12.4 Å². The molecular weight excluding hydrogens is 470 g/mol. The number of hydrogen-bond donors (Lipinski definition) is 2. The van der Waals surface area contributed by atoms with Gasteiger partial charge >= 0.3 is 0 Å². The minimum atomic E-state index is -3.65.